The number of carbonyl (C=O) groups excluding carboxylic acids is 2. The second kappa shape index (κ2) is 4.73. The van der Waals surface area contributed by atoms with Gasteiger partial charge in [-0.2, -0.15) is 8.42 Å². The molecule has 0 aromatic heterocycles. The van der Waals surface area contributed by atoms with Crippen molar-refractivity contribution in [3.63, 3.8) is 0 Å². The van der Waals surface area contributed by atoms with Crippen LogP contribution in [0.4, 0.5) is 5.69 Å². The zero-order chi connectivity index (χ0) is 16.2. The maximum atomic E-state index is 12.6. The van der Waals surface area contributed by atoms with Crippen molar-refractivity contribution in [2.24, 2.45) is 0 Å². The molecule has 1 aliphatic carbocycles. The molecule has 2 aromatic rings. The minimum Gasteiger partial charge on any atom is -0.398 e. The molecule has 112 valence electrons. The minimum atomic E-state index is -4.76. The van der Waals surface area contributed by atoms with Gasteiger partial charge in [0.05, 0.1) is 10.0 Å². The molecule has 8 heteroatoms. The minimum absolute atomic E-state index is 0.0630. The third kappa shape index (κ3) is 1.99. The first-order chi connectivity index (χ1) is 10.2. The van der Waals surface area contributed by atoms with E-state index in [1.54, 1.807) is 12.1 Å². The number of nitrogen functional groups attached to an aromatic ring is 1. The van der Waals surface area contributed by atoms with Crippen molar-refractivity contribution in [2.45, 2.75) is 4.90 Å². The number of halogens is 1. The average Bonchev–Trinajstić information content (AvgIpc) is 2.45. The fourth-order valence-corrected chi connectivity index (χ4v) is 4.19. The van der Waals surface area contributed by atoms with E-state index in [9.17, 15) is 22.6 Å². The molecule has 6 nitrogen and oxygen atoms in total. The highest BCUT2D eigenvalue weighted by Crippen LogP contribution is 2.38. The predicted molar refractivity (Wildman–Crippen MR) is 81.7 cm³/mol. The topological polar surface area (TPSA) is 115 Å². The number of hydrogen-bond donors (Lipinski definition) is 2. The lowest BCUT2D eigenvalue weighted by molar-refractivity contribution is 0.0976. The van der Waals surface area contributed by atoms with Gasteiger partial charge in [0.2, 0.25) is 0 Å². The summed E-state index contributed by atoms with van der Waals surface area (Å²) in [5.74, 6) is -1.17. The highest BCUT2D eigenvalue weighted by molar-refractivity contribution is 9.10. The van der Waals surface area contributed by atoms with Crippen LogP contribution >= 0.6 is 15.9 Å². The lowest BCUT2D eigenvalue weighted by Gasteiger charge is -2.20. The Labute approximate surface area is 133 Å². The molecule has 1 aliphatic rings. The molecule has 0 heterocycles. The van der Waals surface area contributed by atoms with Gasteiger partial charge in [0.25, 0.3) is 10.1 Å². The van der Waals surface area contributed by atoms with Crippen LogP contribution in [0, 0.1) is 0 Å². The number of rotatable bonds is 1. The maximum Gasteiger partial charge on any atom is 0.296 e. The molecule has 0 aliphatic heterocycles. The van der Waals surface area contributed by atoms with E-state index in [0.717, 1.165) is 0 Å². The number of nitrogens with two attached hydrogens (primary N) is 1. The van der Waals surface area contributed by atoms with E-state index in [2.05, 4.69) is 15.9 Å². The number of fused-ring (bicyclic) bond motifs is 2. The van der Waals surface area contributed by atoms with Crippen molar-refractivity contribution < 1.29 is 22.6 Å². The molecule has 22 heavy (non-hydrogen) atoms. The van der Waals surface area contributed by atoms with Crippen molar-refractivity contribution in [1.29, 1.82) is 0 Å². The second-order valence-electron chi connectivity index (χ2n) is 4.71. The molecule has 2 aromatic carbocycles. The number of benzene rings is 2. The van der Waals surface area contributed by atoms with E-state index in [0.29, 0.717) is 0 Å². The second-order valence-corrected chi connectivity index (χ2v) is 6.86. The Morgan fingerprint density at radius 1 is 1.00 bits per heavy atom. The van der Waals surface area contributed by atoms with Crippen molar-refractivity contribution in [3.8, 4) is 0 Å². The van der Waals surface area contributed by atoms with Crippen LogP contribution < -0.4 is 5.73 Å². The van der Waals surface area contributed by atoms with E-state index >= 15 is 0 Å². The van der Waals surface area contributed by atoms with Crippen LogP contribution in [-0.2, 0) is 10.1 Å². The first-order valence-corrected chi connectivity index (χ1v) is 8.24. The average molecular weight is 382 g/mol. The molecule has 0 saturated carbocycles. The molecule has 0 bridgehead atoms. The molecular formula is C14H8BrNO5S. The summed E-state index contributed by atoms with van der Waals surface area (Å²) in [4.78, 5) is 24.4. The van der Waals surface area contributed by atoms with Gasteiger partial charge >= 0.3 is 0 Å². The van der Waals surface area contributed by atoms with E-state index in [-0.39, 0.29) is 32.4 Å². The zero-order valence-corrected chi connectivity index (χ0v) is 13.2. The fraction of sp³-hybridized carbons (Fsp3) is 0. The van der Waals surface area contributed by atoms with Crippen LogP contribution in [-0.4, -0.2) is 24.5 Å². The molecule has 3 rings (SSSR count). The summed E-state index contributed by atoms with van der Waals surface area (Å²) in [6.07, 6.45) is 0. The standard InChI is InChI=1S/C14H8BrNO5S/c15-11-9(16)5-8-10(14(11)22(19,20)21)13(18)7-4-2-1-3-6(7)12(8)17/h1-5H,16H2,(H,19,20,21). The highest BCUT2D eigenvalue weighted by atomic mass is 79.9. The molecule has 0 amide bonds. The summed E-state index contributed by atoms with van der Waals surface area (Å²) < 4.78 is 32.6. The quantitative estimate of drug-likeness (QED) is 0.492. The van der Waals surface area contributed by atoms with Gasteiger partial charge in [0.15, 0.2) is 11.6 Å². The van der Waals surface area contributed by atoms with Crippen molar-refractivity contribution >= 4 is 43.3 Å². The Kier molecular flexibility index (Phi) is 3.20. The summed E-state index contributed by atoms with van der Waals surface area (Å²) in [6.45, 7) is 0. The molecule has 0 spiro atoms. The predicted octanol–water partition coefficient (Wildman–Crippen LogP) is 2.05. The van der Waals surface area contributed by atoms with Gasteiger partial charge in [-0.05, 0) is 22.0 Å². The van der Waals surface area contributed by atoms with Crippen molar-refractivity contribution in [3.05, 3.63) is 57.1 Å². The smallest absolute Gasteiger partial charge is 0.296 e. The number of ketones is 2. The zero-order valence-electron chi connectivity index (χ0n) is 10.8. The molecule has 0 saturated heterocycles. The Hall–Kier alpha value is -2.03. The normalized spacial score (nSPS) is 13.7. The van der Waals surface area contributed by atoms with Crippen LogP contribution in [0.3, 0.4) is 0 Å². The molecule has 3 N–H and O–H groups in total. The van der Waals surface area contributed by atoms with E-state index < -0.39 is 26.6 Å². The monoisotopic (exact) mass is 381 g/mol. The number of anilines is 1. The summed E-state index contributed by atoms with van der Waals surface area (Å²) in [5, 5.41) is 0. The van der Waals surface area contributed by atoms with Gasteiger partial charge in [-0.1, -0.05) is 24.3 Å². The van der Waals surface area contributed by atoms with Crippen LogP contribution in [0.15, 0.2) is 39.7 Å². The Bertz CT molecular complexity index is 965. The summed E-state index contributed by atoms with van der Waals surface area (Å²) in [6, 6.07) is 7.29. The van der Waals surface area contributed by atoms with E-state index in [1.165, 1.54) is 18.2 Å². The molecule has 0 atom stereocenters. The first-order valence-electron chi connectivity index (χ1n) is 6.01. The van der Waals surface area contributed by atoms with Crippen LogP contribution in [0.1, 0.15) is 31.8 Å². The third-order valence-electron chi connectivity index (χ3n) is 3.39. The van der Waals surface area contributed by atoms with Crippen molar-refractivity contribution in [2.75, 3.05) is 5.73 Å². The SMILES string of the molecule is Nc1cc2c(c(S(=O)(=O)O)c1Br)C(=O)c1ccccc1C2=O. The van der Waals surface area contributed by atoms with Gasteiger partial charge in [-0.3, -0.25) is 14.1 Å². The fourth-order valence-electron chi connectivity index (χ4n) is 2.46. The van der Waals surface area contributed by atoms with Crippen LogP contribution in [0.2, 0.25) is 0 Å². The Balaban J connectivity index is 2.49. The lowest BCUT2D eigenvalue weighted by atomic mass is 9.84. The lowest BCUT2D eigenvalue weighted by Crippen LogP contribution is -2.24. The van der Waals surface area contributed by atoms with E-state index in [1.807, 2.05) is 0 Å². The first kappa shape index (κ1) is 14.9. The Morgan fingerprint density at radius 2 is 1.55 bits per heavy atom. The molecule has 0 unspecified atom stereocenters. The summed E-state index contributed by atoms with van der Waals surface area (Å²) in [5.41, 5.74) is 5.36. The summed E-state index contributed by atoms with van der Waals surface area (Å²) >= 11 is 2.95. The van der Waals surface area contributed by atoms with Crippen LogP contribution in [0.5, 0.6) is 0 Å². The van der Waals surface area contributed by atoms with Gasteiger partial charge in [0.1, 0.15) is 4.90 Å². The van der Waals surface area contributed by atoms with Gasteiger partial charge < -0.3 is 5.73 Å². The number of hydrogen-bond acceptors (Lipinski definition) is 5. The molecular weight excluding hydrogens is 374 g/mol. The Morgan fingerprint density at radius 3 is 2.09 bits per heavy atom. The molecule has 0 fully saturated rings. The third-order valence-corrected chi connectivity index (χ3v) is 5.44. The maximum absolute atomic E-state index is 12.6. The molecule has 0 radical (unpaired) electrons. The van der Waals surface area contributed by atoms with Gasteiger partial charge in [-0.15, -0.1) is 0 Å². The van der Waals surface area contributed by atoms with Crippen molar-refractivity contribution in [1.82, 2.24) is 0 Å². The summed E-state index contributed by atoms with van der Waals surface area (Å²) in [7, 11) is -4.76. The largest absolute Gasteiger partial charge is 0.398 e. The van der Waals surface area contributed by atoms with Gasteiger partial charge in [-0.25, -0.2) is 0 Å². The number of carbonyl (C=O) groups is 2. The van der Waals surface area contributed by atoms with E-state index in [4.69, 9.17) is 5.73 Å². The van der Waals surface area contributed by atoms with Gasteiger partial charge in [0, 0.05) is 22.4 Å². The highest BCUT2D eigenvalue weighted by Gasteiger charge is 2.36. The van der Waals surface area contributed by atoms with Crippen LogP contribution in [0.25, 0.3) is 0 Å².